The normalized spacial score (nSPS) is 12.1. The van der Waals surface area contributed by atoms with Gasteiger partial charge in [-0.15, -0.1) is 0 Å². The molecule has 1 aromatic rings. The molecule has 0 heterocycles. The number of carbonyl (C=O) groups excluding carboxylic acids is 2. The summed E-state index contributed by atoms with van der Waals surface area (Å²) in [6, 6.07) is 4.35. The molecule has 0 saturated heterocycles. The number of amides is 2. The van der Waals surface area contributed by atoms with Gasteiger partial charge < -0.3 is 0 Å². The molecule has 0 aromatic heterocycles. The first kappa shape index (κ1) is 17.0. The molecule has 3 nitrogen and oxygen atoms in total. The molecule has 0 unspecified atom stereocenters. The summed E-state index contributed by atoms with van der Waals surface area (Å²) in [7, 11) is 0. The van der Waals surface area contributed by atoms with E-state index in [1.807, 2.05) is 0 Å². The number of aryl methyl sites for hydroxylation is 1. The molecule has 0 atom stereocenters. The number of hydrogen-bond acceptors (Lipinski definition) is 2. The predicted octanol–water partition coefficient (Wildman–Crippen LogP) is 3.23. The number of rotatable bonds is 2. The molecule has 0 saturated carbocycles. The van der Waals surface area contributed by atoms with Crippen LogP contribution in [0.5, 0.6) is 0 Å². The Balaban J connectivity index is 3.38. The van der Waals surface area contributed by atoms with Gasteiger partial charge >= 0.3 is 24.2 Å². The summed E-state index contributed by atoms with van der Waals surface area (Å²) in [5, 5.41) is 0. The van der Waals surface area contributed by atoms with E-state index in [1.165, 1.54) is 6.07 Å². The van der Waals surface area contributed by atoms with E-state index in [0.29, 0.717) is 12.0 Å². The van der Waals surface area contributed by atoms with Crippen molar-refractivity contribution >= 4 is 17.5 Å². The standard InChI is InChI=1S/C12H9F6NO2/c1-2-7-4-3-5-8(6-7)19(9(20)11(13,14)15)10(21)12(16,17)18/h3-6H,2H2,1H3. The number of anilines is 1. The van der Waals surface area contributed by atoms with E-state index in [0.717, 1.165) is 18.2 Å². The summed E-state index contributed by atoms with van der Waals surface area (Å²) in [6.45, 7) is 1.61. The SMILES string of the molecule is CCc1cccc(N(C(=O)C(F)(F)F)C(=O)C(F)(F)F)c1. The lowest BCUT2D eigenvalue weighted by Crippen LogP contribution is -2.50. The second-order valence-electron chi connectivity index (χ2n) is 3.96. The summed E-state index contributed by atoms with van der Waals surface area (Å²) in [5.74, 6) is -5.78. The molecule has 1 rings (SSSR count). The van der Waals surface area contributed by atoms with Gasteiger partial charge in [0.1, 0.15) is 0 Å². The number of hydrogen-bond donors (Lipinski definition) is 0. The molecule has 21 heavy (non-hydrogen) atoms. The van der Waals surface area contributed by atoms with E-state index in [1.54, 1.807) is 6.92 Å². The van der Waals surface area contributed by atoms with Crippen molar-refractivity contribution in [2.45, 2.75) is 25.7 Å². The Bertz CT molecular complexity index is 523. The van der Waals surface area contributed by atoms with Crippen molar-refractivity contribution in [2.24, 2.45) is 0 Å². The van der Waals surface area contributed by atoms with Gasteiger partial charge in [0.2, 0.25) is 0 Å². The number of imide groups is 1. The van der Waals surface area contributed by atoms with Gasteiger partial charge in [-0.05, 0) is 24.1 Å². The Hall–Kier alpha value is -2.06. The Kier molecular flexibility index (Phi) is 4.65. The highest BCUT2D eigenvalue weighted by molar-refractivity contribution is 6.18. The Morgan fingerprint density at radius 3 is 1.86 bits per heavy atom. The smallest absolute Gasteiger partial charge is 0.263 e. The zero-order chi connectivity index (χ0) is 16.4. The van der Waals surface area contributed by atoms with E-state index in [2.05, 4.69) is 0 Å². The Morgan fingerprint density at radius 2 is 1.48 bits per heavy atom. The number of nitrogens with zero attached hydrogens (tertiary/aromatic N) is 1. The van der Waals surface area contributed by atoms with Crippen molar-refractivity contribution in [3.05, 3.63) is 29.8 Å². The third-order valence-electron chi connectivity index (χ3n) is 2.47. The average Bonchev–Trinajstić information content (AvgIpc) is 2.37. The maximum absolute atomic E-state index is 12.4. The lowest BCUT2D eigenvalue weighted by atomic mass is 10.1. The van der Waals surface area contributed by atoms with Crippen LogP contribution >= 0.6 is 0 Å². The minimum absolute atomic E-state index is 0.308. The second-order valence-corrected chi connectivity index (χ2v) is 3.96. The van der Waals surface area contributed by atoms with Gasteiger partial charge in [0.15, 0.2) is 0 Å². The van der Waals surface area contributed by atoms with Crippen molar-refractivity contribution in [3.8, 4) is 0 Å². The fourth-order valence-corrected chi connectivity index (χ4v) is 1.50. The first-order chi connectivity index (χ1) is 9.48. The average molecular weight is 313 g/mol. The highest BCUT2D eigenvalue weighted by Crippen LogP contribution is 2.29. The third kappa shape index (κ3) is 3.96. The molecule has 0 aliphatic rings. The first-order valence-corrected chi connectivity index (χ1v) is 5.59. The van der Waals surface area contributed by atoms with Crippen molar-refractivity contribution < 1.29 is 35.9 Å². The Morgan fingerprint density at radius 1 is 1.00 bits per heavy atom. The van der Waals surface area contributed by atoms with Crippen molar-refractivity contribution in [2.75, 3.05) is 4.90 Å². The zero-order valence-electron chi connectivity index (χ0n) is 10.5. The molecule has 0 bridgehead atoms. The summed E-state index contributed by atoms with van der Waals surface area (Å²) in [6.07, 6.45) is -10.9. The zero-order valence-corrected chi connectivity index (χ0v) is 10.5. The molecule has 0 radical (unpaired) electrons. The molecule has 2 amide bonds. The molecule has 0 N–H and O–H groups in total. The molecule has 0 fully saturated rings. The monoisotopic (exact) mass is 313 g/mol. The largest absolute Gasteiger partial charge is 0.472 e. The fourth-order valence-electron chi connectivity index (χ4n) is 1.50. The lowest BCUT2D eigenvalue weighted by molar-refractivity contribution is -0.181. The van der Waals surface area contributed by atoms with Gasteiger partial charge in [-0.1, -0.05) is 19.1 Å². The van der Waals surface area contributed by atoms with E-state index in [-0.39, 0.29) is 0 Å². The summed E-state index contributed by atoms with van der Waals surface area (Å²) < 4.78 is 74.4. The fraction of sp³-hybridized carbons (Fsp3) is 0.333. The third-order valence-corrected chi connectivity index (χ3v) is 2.47. The molecular formula is C12H9F6NO2. The minimum Gasteiger partial charge on any atom is -0.263 e. The van der Waals surface area contributed by atoms with Crippen LogP contribution in [0.2, 0.25) is 0 Å². The summed E-state index contributed by atoms with van der Waals surface area (Å²) in [5.41, 5.74) is -0.401. The van der Waals surface area contributed by atoms with Gasteiger partial charge in [-0.25, -0.2) is 4.90 Å². The lowest BCUT2D eigenvalue weighted by Gasteiger charge is -2.23. The maximum Gasteiger partial charge on any atom is 0.472 e. The van der Waals surface area contributed by atoms with Crippen LogP contribution in [-0.2, 0) is 16.0 Å². The highest BCUT2D eigenvalue weighted by Gasteiger charge is 2.52. The molecule has 9 heteroatoms. The topological polar surface area (TPSA) is 37.4 Å². The number of alkyl halides is 6. The predicted molar refractivity (Wildman–Crippen MR) is 60.4 cm³/mol. The van der Waals surface area contributed by atoms with E-state index in [4.69, 9.17) is 0 Å². The molecule has 0 aliphatic carbocycles. The molecular weight excluding hydrogens is 304 g/mol. The molecule has 1 aromatic carbocycles. The number of benzene rings is 1. The maximum atomic E-state index is 12.4. The van der Waals surface area contributed by atoms with Gasteiger partial charge in [0.25, 0.3) is 0 Å². The summed E-state index contributed by atoms with van der Waals surface area (Å²) >= 11 is 0. The van der Waals surface area contributed by atoms with Gasteiger partial charge in [-0.3, -0.25) is 9.59 Å². The molecule has 116 valence electrons. The van der Waals surface area contributed by atoms with Crippen molar-refractivity contribution in [1.29, 1.82) is 0 Å². The van der Waals surface area contributed by atoms with E-state index >= 15 is 0 Å². The van der Waals surface area contributed by atoms with Gasteiger partial charge in [0, 0.05) is 0 Å². The van der Waals surface area contributed by atoms with Crippen LogP contribution in [0.1, 0.15) is 12.5 Å². The minimum atomic E-state index is -5.61. The van der Waals surface area contributed by atoms with Crippen LogP contribution in [0.15, 0.2) is 24.3 Å². The van der Waals surface area contributed by atoms with Crippen LogP contribution in [0, 0.1) is 0 Å². The van der Waals surface area contributed by atoms with E-state index < -0.39 is 34.8 Å². The molecule has 0 spiro atoms. The Labute approximate surface area is 115 Å². The van der Waals surface area contributed by atoms with Crippen LogP contribution < -0.4 is 4.90 Å². The highest BCUT2D eigenvalue weighted by atomic mass is 19.4. The van der Waals surface area contributed by atoms with Crippen LogP contribution in [0.4, 0.5) is 32.0 Å². The summed E-state index contributed by atoms with van der Waals surface area (Å²) in [4.78, 5) is 21.4. The van der Waals surface area contributed by atoms with Gasteiger partial charge in [0.05, 0.1) is 5.69 Å². The first-order valence-electron chi connectivity index (χ1n) is 5.59. The van der Waals surface area contributed by atoms with Crippen LogP contribution in [-0.4, -0.2) is 24.2 Å². The van der Waals surface area contributed by atoms with Crippen LogP contribution in [0.25, 0.3) is 0 Å². The number of halogens is 6. The number of carbonyl (C=O) groups is 2. The molecule has 0 aliphatic heterocycles. The van der Waals surface area contributed by atoms with Crippen molar-refractivity contribution in [1.82, 2.24) is 0 Å². The van der Waals surface area contributed by atoms with Crippen LogP contribution in [0.3, 0.4) is 0 Å². The van der Waals surface area contributed by atoms with Gasteiger partial charge in [-0.2, -0.15) is 26.3 Å². The second kappa shape index (κ2) is 5.74. The quantitative estimate of drug-likeness (QED) is 0.786. The van der Waals surface area contributed by atoms with Crippen molar-refractivity contribution in [3.63, 3.8) is 0 Å². The van der Waals surface area contributed by atoms with E-state index in [9.17, 15) is 35.9 Å².